The second-order valence-electron chi connectivity index (χ2n) is 11.0. The minimum Gasteiger partial charge on any atom is -0.228 e. The maximum atomic E-state index is 5.16. The van der Waals surface area contributed by atoms with E-state index in [1.165, 1.54) is 5.56 Å². The van der Waals surface area contributed by atoms with Crippen molar-refractivity contribution >= 4 is 11.2 Å². The number of benzene rings is 2. The Morgan fingerprint density at radius 2 is 1.64 bits per heavy atom. The summed E-state index contributed by atoms with van der Waals surface area (Å²) in [6.07, 6.45) is 17.5. The molecule has 0 N–H and O–H groups in total. The summed E-state index contributed by atoms with van der Waals surface area (Å²) in [5.74, 6) is 0. The minimum atomic E-state index is 0.191. The molecule has 3 heteroatoms. The van der Waals surface area contributed by atoms with Crippen LogP contribution in [0.4, 0.5) is 0 Å². The van der Waals surface area contributed by atoms with Crippen molar-refractivity contribution in [2.75, 3.05) is 0 Å². The first-order chi connectivity index (χ1) is 17.4. The van der Waals surface area contributed by atoms with Crippen LogP contribution in [-0.2, 0) is 5.41 Å². The van der Waals surface area contributed by atoms with Gasteiger partial charge in [0.15, 0.2) is 5.65 Å². The average Bonchev–Trinajstić information content (AvgIpc) is 3.26. The number of rotatable bonds is 4. The summed E-state index contributed by atoms with van der Waals surface area (Å²) in [7, 11) is 0. The molecule has 0 radical (unpaired) electrons. The second-order valence-corrected chi connectivity index (χ2v) is 11.0. The Morgan fingerprint density at radius 3 is 2.39 bits per heavy atom. The van der Waals surface area contributed by atoms with E-state index >= 15 is 0 Å². The standard InChI is InChI=1S/C33H32N3/c1-32(2)22-33(3,23-32)27-18-16-26(17-19-27)31-28(24-12-8-5-4-6-9-13-24)21-36-30(34-31)20-29(35-36)25-14-10-7-11-15-25/h5,7-21H,1,4,6,22-23H2,2-3H3/q+1/b8-5-,13-9?,24-12+. The largest absolute Gasteiger partial charge is 0.228 e. The molecule has 4 aromatic rings. The molecule has 36 heavy (non-hydrogen) atoms. The van der Waals surface area contributed by atoms with E-state index in [2.05, 4.69) is 99.8 Å². The van der Waals surface area contributed by atoms with E-state index in [0.717, 1.165) is 65.0 Å². The van der Waals surface area contributed by atoms with Gasteiger partial charge in [0.05, 0.1) is 18.3 Å². The Bertz CT molecular complexity index is 1490. The zero-order valence-electron chi connectivity index (χ0n) is 21.1. The molecule has 0 unspecified atom stereocenters. The first-order valence-corrected chi connectivity index (χ1v) is 12.9. The van der Waals surface area contributed by atoms with E-state index in [-0.39, 0.29) is 10.8 Å². The molecule has 2 aromatic carbocycles. The lowest BCUT2D eigenvalue weighted by Gasteiger charge is -2.47. The first kappa shape index (κ1) is 22.6. The highest BCUT2D eigenvalue weighted by atomic mass is 15.2. The molecule has 1 fully saturated rings. The van der Waals surface area contributed by atoms with Crippen molar-refractivity contribution in [2.45, 2.75) is 44.9 Å². The fraction of sp³-hybridized carbons (Fsp3) is 0.242. The summed E-state index contributed by atoms with van der Waals surface area (Å²) in [5, 5.41) is 4.87. The molecule has 0 aliphatic heterocycles. The maximum Gasteiger partial charge on any atom is 0.156 e. The maximum absolute atomic E-state index is 5.16. The van der Waals surface area contributed by atoms with Gasteiger partial charge >= 0.3 is 0 Å². The Labute approximate surface area is 213 Å². The van der Waals surface area contributed by atoms with Crippen LogP contribution in [0, 0.1) is 12.3 Å². The van der Waals surface area contributed by atoms with Gasteiger partial charge in [-0.1, -0.05) is 91.9 Å². The predicted octanol–water partition coefficient (Wildman–Crippen LogP) is 8.24. The summed E-state index contributed by atoms with van der Waals surface area (Å²) >= 11 is 0. The van der Waals surface area contributed by atoms with E-state index in [0.29, 0.717) is 0 Å². The van der Waals surface area contributed by atoms with Crippen LogP contribution in [-0.4, -0.2) is 14.6 Å². The van der Waals surface area contributed by atoms with Crippen LogP contribution >= 0.6 is 0 Å². The number of aromatic nitrogens is 3. The van der Waals surface area contributed by atoms with Crippen molar-refractivity contribution in [3.05, 3.63) is 115 Å². The van der Waals surface area contributed by atoms with Gasteiger partial charge in [-0.25, -0.2) is 9.50 Å². The lowest BCUT2D eigenvalue weighted by atomic mass is 9.53. The number of fused-ring (bicyclic) bond motifs is 1. The third-order valence-electron chi connectivity index (χ3n) is 7.53. The Morgan fingerprint density at radius 1 is 0.889 bits per heavy atom. The van der Waals surface area contributed by atoms with Crippen LogP contribution in [0.25, 0.3) is 33.7 Å². The van der Waals surface area contributed by atoms with Crippen LogP contribution in [0.2, 0.25) is 0 Å². The monoisotopic (exact) mass is 470 g/mol. The molecule has 2 aliphatic rings. The number of nitrogens with zero attached hydrogens (tertiary/aromatic N) is 3. The number of hydrogen-bond acceptors (Lipinski definition) is 2. The van der Waals surface area contributed by atoms with Gasteiger partial charge in [-0.15, -0.1) is 0 Å². The molecule has 178 valence electrons. The van der Waals surface area contributed by atoms with E-state index in [1.807, 2.05) is 22.7 Å². The van der Waals surface area contributed by atoms with Crippen molar-refractivity contribution in [1.82, 2.24) is 14.6 Å². The summed E-state index contributed by atoms with van der Waals surface area (Å²) < 4.78 is 1.91. The molecular formula is C33H32N3+. The molecule has 1 saturated carbocycles. The fourth-order valence-corrected chi connectivity index (χ4v) is 6.08. The van der Waals surface area contributed by atoms with Gasteiger partial charge < -0.3 is 0 Å². The Hall–Kier alpha value is -3.85. The van der Waals surface area contributed by atoms with E-state index < -0.39 is 0 Å². The highest BCUT2D eigenvalue weighted by Crippen LogP contribution is 2.54. The van der Waals surface area contributed by atoms with E-state index in [1.54, 1.807) is 0 Å². The summed E-state index contributed by atoms with van der Waals surface area (Å²) in [4.78, 5) is 5.16. The smallest absolute Gasteiger partial charge is 0.156 e. The minimum absolute atomic E-state index is 0.191. The predicted molar refractivity (Wildman–Crippen MR) is 149 cm³/mol. The van der Waals surface area contributed by atoms with Gasteiger partial charge in [0.25, 0.3) is 0 Å². The third kappa shape index (κ3) is 4.19. The topological polar surface area (TPSA) is 30.2 Å². The molecule has 0 saturated heterocycles. The lowest BCUT2D eigenvalue weighted by molar-refractivity contribution is 0.0986. The molecule has 0 amide bonds. The normalized spacial score (nSPS) is 26.0. The average molecular weight is 471 g/mol. The zero-order valence-corrected chi connectivity index (χ0v) is 21.1. The Balaban J connectivity index is 1.47. The SMILES string of the molecule is [CH2+]C1(C)CC(C)(c2ccc(-c3nc4cc(-c5ccccc5)nn4cc3/C3=C/C=C\CCC=C3)cc2)C1. The lowest BCUT2D eigenvalue weighted by Crippen LogP contribution is -2.44. The van der Waals surface area contributed by atoms with Gasteiger partial charge in [0.1, 0.15) is 5.41 Å². The van der Waals surface area contributed by atoms with Crippen molar-refractivity contribution in [1.29, 1.82) is 0 Å². The molecule has 3 nitrogen and oxygen atoms in total. The number of allylic oxidation sites excluding steroid dienone is 6. The first-order valence-electron chi connectivity index (χ1n) is 12.9. The van der Waals surface area contributed by atoms with Crippen molar-refractivity contribution < 1.29 is 0 Å². The van der Waals surface area contributed by atoms with Crippen LogP contribution in [0.3, 0.4) is 0 Å². The molecule has 2 aromatic heterocycles. The highest BCUT2D eigenvalue weighted by Gasteiger charge is 2.51. The van der Waals surface area contributed by atoms with Crippen LogP contribution in [0.5, 0.6) is 0 Å². The van der Waals surface area contributed by atoms with Crippen molar-refractivity contribution in [3.63, 3.8) is 0 Å². The molecule has 2 heterocycles. The van der Waals surface area contributed by atoms with Gasteiger partial charge in [-0.3, -0.25) is 0 Å². The van der Waals surface area contributed by atoms with Crippen molar-refractivity contribution in [2.24, 2.45) is 5.41 Å². The summed E-state index contributed by atoms with van der Waals surface area (Å²) in [6, 6.07) is 21.4. The summed E-state index contributed by atoms with van der Waals surface area (Å²) in [5.41, 5.74) is 9.00. The van der Waals surface area contributed by atoms with Crippen LogP contribution in [0.1, 0.15) is 50.7 Å². The zero-order chi connectivity index (χ0) is 24.8. The van der Waals surface area contributed by atoms with Crippen LogP contribution in [0.15, 0.2) is 97.2 Å². The van der Waals surface area contributed by atoms with Crippen LogP contribution < -0.4 is 0 Å². The highest BCUT2D eigenvalue weighted by molar-refractivity contribution is 5.85. The van der Waals surface area contributed by atoms with Gasteiger partial charge in [0, 0.05) is 47.2 Å². The quantitative estimate of drug-likeness (QED) is 0.281. The summed E-state index contributed by atoms with van der Waals surface area (Å²) in [6.45, 7) is 8.97. The van der Waals surface area contributed by atoms with Gasteiger partial charge in [-0.05, 0) is 30.9 Å². The molecule has 0 atom stereocenters. The third-order valence-corrected chi connectivity index (χ3v) is 7.53. The fourth-order valence-electron chi connectivity index (χ4n) is 6.08. The van der Waals surface area contributed by atoms with E-state index in [9.17, 15) is 0 Å². The van der Waals surface area contributed by atoms with Gasteiger partial charge in [-0.2, -0.15) is 5.10 Å². The number of hydrogen-bond donors (Lipinski definition) is 0. The van der Waals surface area contributed by atoms with Gasteiger partial charge in [0.2, 0.25) is 0 Å². The molecule has 0 spiro atoms. The second kappa shape index (κ2) is 8.67. The van der Waals surface area contributed by atoms with E-state index in [4.69, 9.17) is 10.1 Å². The molecule has 6 rings (SSSR count). The van der Waals surface area contributed by atoms with Crippen molar-refractivity contribution in [3.8, 4) is 22.5 Å². The molecule has 2 aliphatic carbocycles. The Kier molecular flexibility index (Phi) is 5.44. The molecular weight excluding hydrogens is 438 g/mol. The molecule has 0 bridgehead atoms.